The summed E-state index contributed by atoms with van der Waals surface area (Å²) < 4.78 is 32.0. The molecule has 0 saturated heterocycles. The van der Waals surface area contributed by atoms with E-state index >= 15 is 0 Å². The molecule has 1 aromatic heterocycles. The van der Waals surface area contributed by atoms with Crippen LogP contribution in [-0.2, 0) is 16.4 Å². The lowest BCUT2D eigenvalue weighted by atomic mass is 10.0. The summed E-state index contributed by atoms with van der Waals surface area (Å²) in [5, 5.41) is 8.71. The van der Waals surface area contributed by atoms with Gasteiger partial charge in [0, 0.05) is 12.6 Å². The smallest absolute Gasteiger partial charge is 0.339 e. The molecule has 3 rings (SSSR count). The predicted octanol–water partition coefficient (Wildman–Crippen LogP) is 2.43. The zero-order valence-corrected chi connectivity index (χ0v) is 12.8. The van der Waals surface area contributed by atoms with Gasteiger partial charge in [-0.25, -0.2) is 4.79 Å². The third-order valence-electron chi connectivity index (χ3n) is 3.74. The van der Waals surface area contributed by atoms with E-state index in [0.29, 0.717) is 18.7 Å². The normalized spacial score (nSPS) is 14.7. The average Bonchev–Trinajstić information content (AvgIpc) is 2.89. The minimum absolute atomic E-state index is 0.0800. The van der Waals surface area contributed by atoms with Gasteiger partial charge in [0.25, 0.3) is 10.0 Å². The fraction of sp³-hybridized carbons (Fsp3) is 0.267. The number of aromatic carboxylic acids is 1. The molecule has 0 atom stereocenters. The summed E-state index contributed by atoms with van der Waals surface area (Å²) in [6.45, 7) is 1.79. The van der Waals surface area contributed by atoms with Crippen LogP contribution in [0.5, 0.6) is 0 Å². The number of fused-ring (bicyclic) bond motifs is 1. The van der Waals surface area contributed by atoms with Crippen LogP contribution in [0.4, 0.5) is 5.69 Å². The van der Waals surface area contributed by atoms with Gasteiger partial charge >= 0.3 is 5.97 Å². The minimum atomic E-state index is -3.91. The topological polar surface area (TPSA) is 87.8 Å². The molecular weight excluding hydrogens is 306 g/mol. The number of furan rings is 1. The summed E-state index contributed by atoms with van der Waals surface area (Å²) in [6.07, 6.45) is 1.53. The third-order valence-corrected chi connectivity index (χ3v) is 5.41. The van der Waals surface area contributed by atoms with Crippen molar-refractivity contribution in [1.82, 2.24) is 0 Å². The molecule has 2 aromatic rings. The van der Waals surface area contributed by atoms with Crippen LogP contribution in [0.2, 0.25) is 0 Å². The molecule has 0 amide bonds. The molecule has 0 saturated carbocycles. The van der Waals surface area contributed by atoms with E-state index in [-0.39, 0.29) is 16.4 Å². The number of sulfonamides is 1. The second-order valence-corrected chi connectivity index (χ2v) is 6.94. The highest BCUT2D eigenvalue weighted by Crippen LogP contribution is 2.32. The Morgan fingerprint density at radius 1 is 1.32 bits per heavy atom. The molecule has 7 heteroatoms. The number of carbonyl (C=O) groups is 1. The fourth-order valence-corrected chi connectivity index (χ4v) is 4.17. The quantitative estimate of drug-likeness (QED) is 0.938. The number of rotatable bonds is 3. The summed E-state index contributed by atoms with van der Waals surface area (Å²) in [5.41, 5.74) is 1.45. The van der Waals surface area contributed by atoms with Gasteiger partial charge in [0.1, 0.15) is 11.3 Å². The lowest BCUT2D eigenvalue weighted by Crippen LogP contribution is -2.35. The van der Waals surface area contributed by atoms with Gasteiger partial charge in [-0.2, -0.15) is 8.42 Å². The maximum atomic E-state index is 12.8. The van der Waals surface area contributed by atoms with Crippen LogP contribution in [0.25, 0.3) is 0 Å². The molecule has 6 nitrogen and oxygen atoms in total. The Hall–Kier alpha value is -2.28. The van der Waals surface area contributed by atoms with Crippen molar-refractivity contribution in [3.05, 3.63) is 47.2 Å². The molecule has 1 aliphatic heterocycles. The van der Waals surface area contributed by atoms with E-state index in [1.54, 1.807) is 12.1 Å². The van der Waals surface area contributed by atoms with Gasteiger partial charge in [-0.05, 0) is 31.4 Å². The minimum Gasteiger partial charge on any atom is -0.478 e. The van der Waals surface area contributed by atoms with Crippen molar-refractivity contribution >= 4 is 21.7 Å². The SMILES string of the molecule is Cc1oc(S(=O)(=O)N2CCCc3ccccc32)cc1C(=O)O. The summed E-state index contributed by atoms with van der Waals surface area (Å²) in [6, 6.07) is 8.37. The van der Waals surface area contributed by atoms with E-state index in [4.69, 9.17) is 9.52 Å². The van der Waals surface area contributed by atoms with Crippen LogP contribution in [0.3, 0.4) is 0 Å². The Labute approximate surface area is 128 Å². The zero-order chi connectivity index (χ0) is 15.9. The third kappa shape index (κ3) is 2.27. The van der Waals surface area contributed by atoms with Crippen LogP contribution in [0.15, 0.2) is 39.8 Å². The number of carboxylic acid groups (broad SMARTS) is 1. The average molecular weight is 321 g/mol. The van der Waals surface area contributed by atoms with Crippen molar-refractivity contribution in [2.24, 2.45) is 0 Å². The lowest BCUT2D eigenvalue weighted by molar-refractivity contribution is 0.0695. The van der Waals surface area contributed by atoms with E-state index in [1.807, 2.05) is 12.1 Å². The lowest BCUT2D eigenvalue weighted by Gasteiger charge is -2.29. The maximum absolute atomic E-state index is 12.8. The standard InChI is InChI=1S/C15H15NO5S/c1-10-12(15(17)18)9-14(21-10)22(19,20)16-8-4-6-11-5-2-3-7-13(11)16/h2-3,5,7,9H,4,6,8H2,1H3,(H,17,18). The number of carboxylic acids is 1. The molecule has 1 aromatic carbocycles. The highest BCUT2D eigenvalue weighted by molar-refractivity contribution is 7.92. The molecule has 0 spiro atoms. The number of anilines is 1. The van der Waals surface area contributed by atoms with Crippen LogP contribution < -0.4 is 4.31 Å². The molecule has 0 radical (unpaired) electrons. The summed E-state index contributed by atoms with van der Waals surface area (Å²) >= 11 is 0. The first-order valence-corrected chi connectivity index (χ1v) is 8.29. The Morgan fingerprint density at radius 3 is 2.73 bits per heavy atom. The molecule has 0 aliphatic carbocycles. The Balaban J connectivity index is 2.08. The molecule has 1 aliphatic rings. The number of aryl methyl sites for hydroxylation is 2. The van der Waals surface area contributed by atoms with E-state index in [2.05, 4.69) is 0 Å². The highest BCUT2D eigenvalue weighted by atomic mass is 32.2. The van der Waals surface area contributed by atoms with Gasteiger partial charge in [-0.1, -0.05) is 18.2 Å². The maximum Gasteiger partial charge on any atom is 0.339 e. The number of nitrogens with zero attached hydrogens (tertiary/aromatic N) is 1. The van der Waals surface area contributed by atoms with Crippen molar-refractivity contribution in [2.45, 2.75) is 24.9 Å². The first-order valence-electron chi connectivity index (χ1n) is 6.85. The first-order chi connectivity index (χ1) is 10.4. The fourth-order valence-electron chi connectivity index (χ4n) is 2.65. The molecule has 0 bridgehead atoms. The number of hydrogen-bond acceptors (Lipinski definition) is 4. The number of benzene rings is 1. The van der Waals surface area contributed by atoms with E-state index in [0.717, 1.165) is 18.1 Å². The summed E-state index contributed by atoms with van der Waals surface area (Å²) in [5.74, 6) is -1.13. The van der Waals surface area contributed by atoms with Crippen molar-refractivity contribution in [3.63, 3.8) is 0 Å². The van der Waals surface area contributed by atoms with Crippen LogP contribution >= 0.6 is 0 Å². The summed E-state index contributed by atoms with van der Waals surface area (Å²) in [7, 11) is -3.91. The van der Waals surface area contributed by atoms with Gasteiger partial charge in [0.05, 0.1) is 5.69 Å². The predicted molar refractivity (Wildman–Crippen MR) is 79.7 cm³/mol. The zero-order valence-electron chi connectivity index (χ0n) is 11.9. The Kier molecular flexibility index (Phi) is 3.44. The van der Waals surface area contributed by atoms with Crippen molar-refractivity contribution in [1.29, 1.82) is 0 Å². The monoisotopic (exact) mass is 321 g/mol. The number of hydrogen-bond donors (Lipinski definition) is 1. The van der Waals surface area contributed by atoms with E-state index in [1.165, 1.54) is 11.2 Å². The van der Waals surface area contributed by atoms with Crippen LogP contribution in [-0.4, -0.2) is 26.0 Å². The highest BCUT2D eigenvalue weighted by Gasteiger charge is 2.32. The van der Waals surface area contributed by atoms with Gasteiger partial charge in [-0.15, -0.1) is 0 Å². The van der Waals surface area contributed by atoms with E-state index in [9.17, 15) is 13.2 Å². The van der Waals surface area contributed by atoms with Gasteiger partial charge in [0.15, 0.2) is 0 Å². The molecule has 116 valence electrons. The van der Waals surface area contributed by atoms with Crippen molar-refractivity contribution < 1.29 is 22.7 Å². The number of para-hydroxylation sites is 1. The summed E-state index contributed by atoms with van der Waals surface area (Å²) in [4.78, 5) is 11.1. The molecule has 2 heterocycles. The van der Waals surface area contributed by atoms with Gasteiger partial charge in [0.2, 0.25) is 5.09 Å². The largest absolute Gasteiger partial charge is 0.478 e. The Morgan fingerprint density at radius 2 is 2.05 bits per heavy atom. The second-order valence-electron chi connectivity index (χ2n) is 5.15. The second kappa shape index (κ2) is 5.17. The van der Waals surface area contributed by atoms with Gasteiger partial charge in [-0.3, -0.25) is 4.31 Å². The molecule has 0 unspecified atom stereocenters. The molecule has 0 fully saturated rings. The van der Waals surface area contributed by atoms with E-state index < -0.39 is 16.0 Å². The Bertz CT molecular complexity index is 837. The van der Waals surface area contributed by atoms with Gasteiger partial charge < -0.3 is 9.52 Å². The molecule has 22 heavy (non-hydrogen) atoms. The van der Waals surface area contributed by atoms with Crippen LogP contribution in [0, 0.1) is 6.92 Å². The molecular formula is C15H15NO5S. The van der Waals surface area contributed by atoms with Crippen molar-refractivity contribution in [3.8, 4) is 0 Å². The molecule has 1 N–H and O–H groups in total. The first kappa shape index (κ1) is 14.6. The van der Waals surface area contributed by atoms with Crippen LogP contribution in [0.1, 0.15) is 28.1 Å². The van der Waals surface area contributed by atoms with Crippen molar-refractivity contribution in [2.75, 3.05) is 10.8 Å².